The third-order valence-electron chi connectivity index (χ3n) is 4.93. The van der Waals surface area contributed by atoms with Crippen molar-refractivity contribution in [3.05, 3.63) is 64.1 Å². The van der Waals surface area contributed by atoms with Gasteiger partial charge in [-0.05, 0) is 54.9 Å². The molecule has 0 saturated carbocycles. The fraction of sp³-hybridized carbons (Fsp3) is 0.227. The Bertz CT molecular complexity index is 1330. The Morgan fingerprint density at radius 3 is 2.75 bits per heavy atom. The maximum Gasteiger partial charge on any atom is 0.343 e. The van der Waals surface area contributed by atoms with Gasteiger partial charge in [-0.25, -0.2) is 14.3 Å². The summed E-state index contributed by atoms with van der Waals surface area (Å²) in [5.41, 5.74) is 4.60. The maximum atomic E-state index is 12.6. The van der Waals surface area contributed by atoms with E-state index in [2.05, 4.69) is 36.4 Å². The summed E-state index contributed by atoms with van der Waals surface area (Å²) in [4.78, 5) is 29.0. The molecule has 1 amide bonds. The van der Waals surface area contributed by atoms with Crippen LogP contribution in [0.5, 0.6) is 0 Å². The number of amides is 1. The number of carbonyl (C=O) groups is 2. The second-order valence-electron chi connectivity index (χ2n) is 7.12. The van der Waals surface area contributed by atoms with Gasteiger partial charge in [0.2, 0.25) is 5.91 Å². The van der Waals surface area contributed by atoms with Gasteiger partial charge in [0.1, 0.15) is 12.1 Å². The highest BCUT2D eigenvalue weighted by Gasteiger charge is 2.17. The fourth-order valence-electron chi connectivity index (χ4n) is 3.38. The second-order valence-corrected chi connectivity index (χ2v) is 7.91. The number of aryl methyl sites for hydroxylation is 1. The molecule has 1 N–H and O–H groups in total. The third-order valence-corrected chi connectivity index (χ3v) is 6.07. The topological polar surface area (TPSA) is 103 Å². The van der Waals surface area contributed by atoms with Crippen molar-refractivity contribution >= 4 is 39.1 Å². The number of carbonyl (C=O) groups excluding carboxylic acids is 2. The molecule has 0 spiro atoms. The number of nitrogens with one attached hydrogen (secondary N) is 1. The molecule has 0 aliphatic carbocycles. The monoisotopic (exact) mass is 496 g/mol. The third kappa shape index (κ3) is 4.13. The number of ether oxygens (including phenoxy) is 1. The first-order valence-electron chi connectivity index (χ1n) is 9.98. The zero-order valence-corrected chi connectivity index (χ0v) is 19.4. The van der Waals surface area contributed by atoms with Crippen LogP contribution in [0, 0.1) is 13.8 Å². The molecule has 4 rings (SSSR count). The number of anilines is 1. The van der Waals surface area contributed by atoms with Crippen LogP contribution in [0.1, 0.15) is 28.7 Å². The zero-order chi connectivity index (χ0) is 22.8. The molecule has 10 heteroatoms. The van der Waals surface area contributed by atoms with E-state index in [1.807, 2.05) is 38.1 Å². The summed E-state index contributed by atoms with van der Waals surface area (Å²) in [6.07, 6.45) is 3.06. The summed E-state index contributed by atoms with van der Waals surface area (Å²) < 4.78 is 9.22. The molecular weight excluding hydrogens is 476 g/mol. The van der Waals surface area contributed by atoms with E-state index in [1.165, 1.54) is 6.20 Å². The molecule has 164 valence electrons. The van der Waals surface area contributed by atoms with Gasteiger partial charge in [0.05, 0.1) is 34.4 Å². The van der Waals surface area contributed by atoms with E-state index in [0.717, 1.165) is 27.1 Å². The van der Waals surface area contributed by atoms with E-state index in [-0.39, 0.29) is 19.1 Å². The van der Waals surface area contributed by atoms with Crippen molar-refractivity contribution in [1.29, 1.82) is 0 Å². The van der Waals surface area contributed by atoms with Crippen LogP contribution in [0.15, 0.2) is 47.2 Å². The highest BCUT2D eigenvalue weighted by atomic mass is 79.9. The molecule has 0 aliphatic heterocycles. The Labute approximate surface area is 192 Å². The van der Waals surface area contributed by atoms with E-state index < -0.39 is 5.97 Å². The molecule has 0 unspecified atom stereocenters. The first kappa shape index (κ1) is 21.7. The lowest BCUT2D eigenvalue weighted by Crippen LogP contribution is -2.20. The SMILES string of the molecule is CCOC(=O)c1cnn2c(-c3cccc(NC(=O)Cn4nc(C)c(Br)c4C)c3)ccnc12. The average Bonchev–Trinajstić information content (AvgIpc) is 3.31. The van der Waals surface area contributed by atoms with Crippen LogP contribution in [0.2, 0.25) is 0 Å². The summed E-state index contributed by atoms with van der Waals surface area (Å²) >= 11 is 3.47. The summed E-state index contributed by atoms with van der Waals surface area (Å²) in [5.74, 6) is -0.659. The van der Waals surface area contributed by atoms with Crippen molar-refractivity contribution in [2.45, 2.75) is 27.3 Å². The minimum absolute atomic E-state index is 0.101. The van der Waals surface area contributed by atoms with E-state index in [0.29, 0.717) is 16.9 Å². The largest absolute Gasteiger partial charge is 0.462 e. The standard InChI is InChI=1S/C22H21BrN6O3/c1-4-32-22(31)17-11-25-29-18(8-9-24-21(17)29)15-6-5-7-16(10-15)26-19(30)12-28-14(3)20(23)13(2)27-28/h5-11H,4,12H2,1-3H3,(H,26,30). The molecule has 0 atom stereocenters. The number of halogens is 1. The molecule has 0 saturated heterocycles. The molecule has 4 aromatic rings. The number of fused-ring (bicyclic) bond motifs is 1. The molecule has 0 aliphatic rings. The number of hydrogen-bond donors (Lipinski definition) is 1. The van der Waals surface area contributed by atoms with Gasteiger partial charge < -0.3 is 10.1 Å². The van der Waals surface area contributed by atoms with Gasteiger partial charge in [0.25, 0.3) is 0 Å². The Balaban J connectivity index is 1.59. The number of esters is 1. The molecule has 0 bridgehead atoms. The number of aromatic nitrogens is 5. The van der Waals surface area contributed by atoms with Crippen molar-refractivity contribution in [2.24, 2.45) is 0 Å². The van der Waals surface area contributed by atoms with Gasteiger partial charge in [-0.2, -0.15) is 10.2 Å². The van der Waals surface area contributed by atoms with Crippen molar-refractivity contribution in [3.8, 4) is 11.3 Å². The van der Waals surface area contributed by atoms with E-state index >= 15 is 0 Å². The average molecular weight is 497 g/mol. The van der Waals surface area contributed by atoms with Crippen molar-refractivity contribution in [3.63, 3.8) is 0 Å². The molecule has 0 fully saturated rings. The molecule has 3 heterocycles. The summed E-state index contributed by atoms with van der Waals surface area (Å²) in [7, 11) is 0. The Morgan fingerprint density at radius 1 is 1.22 bits per heavy atom. The maximum absolute atomic E-state index is 12.6. The minimum Gasteiger partial charge on any atom is -0.462 e. The lowest BCUT2D eigenvalue weighted by Gasteiger charge is -2.10. The molecule has 32 heavy (non-hydrogen) atoms. The number of benzene rings is 1. The predicted molar refractivity (Wildman–Crippen MR) is 122 cm³/mol. The predicted octanol–water partition coefficient (Wildman–Crippen LogP) is 3.79. The summed E-state index contributed by atoms with van der Waals surface area (Å²) in [5, 5.41) is 11.6. The normalized spacial score (nSPS) is 11.0. The van der Waals surface area contributed by atoms with E-state index in [4.69, 9.17) is 4.74 Å². The van der Waals surface area contributed by atoms with Crippen LogP contribution in [0.3, 0.4) is 0 Å². The zero-order valence-electron chi connectivity index (χ0n) is 17.8. The molecule has 1 aromatic carbocycles. The second kappa shape index (κ2) is 8.91. The van der Waals surface area contributed by atoms with Crippen molar-refractivity contribution in [1.82, 2.24) is 24.4 Å². The Hall–Kier alpha value is -3.53. The molecular formula is C22H21BrN6O3. The van der Waals surface area contributed by atoms with Crippen LogP contribution in [-0.4, -0.2) is 42.9 Å². The molecule has 3 aromatic heterocycles. The fourth-order valence-corrected chi connectivity index (χ4v) is 3.67. The minimum atomic E-state index is -0.469. The Morgan fingerprint density at radius 2 is 2.03 bits per heavy atom. The van der Waals surface area contributed by atoms with Crippen LogP contribution in [0.4, 0.5) is 5.69 Å². The highest BCUT2D eigenvalue weighted by Crippen LogP contribution is 2.24. The quantitative estimate of drug-likeness (QED) is 0.407. The van der Waals surface area contributed by atoms with Crippen molar-refractivity contribution in [2.75, 3.05) is 11.9 Å². The number of rotatable bonds is 6. The van der Waals surface area contributed by atoms with E-state index in [1.54, 1.807) is 28.4 Å². The van der Waals surface area contributed by atoms with Gasteiger partial charge in [0, 0.05) is 17.4 Å². The van der Waals surface area contributed by atoms with Gasteiger partial charge in [0.15, 0.2) is 5.65 Å². The van der Waals surface area contributed by atoms with Crippen molar-refractivity contribution < 1.29 is 14.3 Å². The van der Waals surface area contributed by atoms with Gasteiger partial charge in [-0.15, -0.1) is 0 Å². The number of nitrogens with zero attached hydrogens (tertiary/aromatic N) is 5. The summed E-state index contributed by atoms with van der Waals surface area (Å²) in [6, 6.07) is 9.18. The van der Waals surface area contributed by atoms with Gasteiger partial charge >= 0.3 is 5.97 Å². The van der Waals surface area contributed by atoms with Crippen LogP contribution in [0.25, 0.3) is 16.9 Å². The first-order chi connectivity index (χ1) is 15.4. The van der Waals surface area contributed by atoms with Crippen LogP contribution < -0.4 is 5.32 Å². The highest BCUT2D eigenvalue weighted by molar-refractivity contribution is 9.10. The lowest BCUT2D eigenvalue weighted by molar-refractivity contribution is -0.116. The lowest BCUT2D eigenvalue weighted by atomic mass is 10.1. The Kier molecular flexibility index (Phi) is 6.04. The van der Waals surface area contributed by atoms with Crippen LogP contribution in [-0.2, 0) is 16.1 Å². The number of hydrogen-bond acceptors (Lipinski definition) is 6. The van der Waals surface area contributed by atoms with Gasteiger partial charge in [-0.1, -0.05) is 12.1 Å². The molecule has 9 nitrogen and oxygen atoms in total. The molecule has 0 radical (unpaired) electrons. The van der Waals surface area contributed by atoms with Gasteiger partial charge in [-0.3, -0.25) is 9.48 Å². The first-order valence-corrected chi connectivity index (χ1v) is 10.8. The summed E-state index contributed by atoms with van der Waals surface area (Å²) in [6.45, 7) is 5.90. The van der Waals surface area contributed by atoms with Crippen LogP contribution >= 0.6 is 15.9 Å². The smallest absolute Gasteiger partial charge is 0.343 e. The van der Waals surface area contributed by atoms with E-state index in [9.17, 15) is 9.59 Å².